The Labute approximate surface area is 125 Å². The summed E-state index contributed by atoms with van der Waals surface area (Å²) in [7, 11) is 0. The van der Waals surface area contributed by atoms with E-state index in [1.54, 1.807) is 0 Å². The minimum Gasteiger partial charge on any atom is -0.487 e. The topological polar surface area (TPSA) is 66.1 Å². The predicted octanol–water partition coefficient (Wildman–Crippen LogP) is 1.93. The Kier molecular flexibility index (Phi) is 2.72. The van der Waals surface area contributed by atoms with Gasteiger partial charge in [0.25, 0.3) is 6.02 Å². The summed E-state index contributed by atoms with van der Waals surface area (Å²) in [4.78, 5) is 4.59. The van der Waals surface area contributed by atoms with Crippen LogP contribution in [0.5, 0.6) is 5.75 Å². The number of halogens is 1. The van der Waals surface area contributed by atoms with Crippen molar-refractivity contribution < 1.29 is 14.2 Å². The number of hydrogen-bond acceptors (Lipinski definition) is 5. The normalized spacial score (nSPS) is 34.8. The minimum atomic E-state index is -0.577. The molecular weight excluding hydrogens is 324 g/mol. The molecule has 106 valence electrons. The molecule has 3 atom stereocenters. The fourth-order valence-corrected chi connectivity index (χ4v) is 3.67. The van der Waals surface area contributed by atoms with E-state index in [4.69, 9.17) is 19.9 Å². The Hall–Kier alpha value is -1.27. The highest BCUT2D eigenvalue weighted by atomic mass is 79.9. The van der Waals surface area contributed by atoms with Crippen LogP contribution in [0, 0.1) is 0 Å². The molecule has 0 bridgehead atoms. The van der Waals surface area contributed by atoms with E-state index < -0.39 is 5.54 Å². The SMILES string of the molecule is NC1=NC2(CO1)c1cc(Br)ccc1O[C@H]1CCCO[C@@H]12. The van der Waals surface area contributed by atoms with Crippen LogP contribution >= 0.6 is 15.9 Å². The van der Waals surface area contributed by atoms with Gasteiger partial charge in [0.05, 0.1) is 0 Å². The fraction of sp³-hybridized carbons (Fsp3) is 0.500. The fourth-order valence-electron chi connectivity index (χ4n) is 3.31. The van der Waals surface area contributed by atoms with Gasteiger partial charge in [-0.1, -0.05) is 15.9 Å². The van der Waals surface area contributed by atoms with Gasteiger partial charge in [-0.2, -0.15) is 0 Å². The van der Waals surface area contributed by atoms with Crippen molar-refractivity contribution in [2.75, 3.05) is 13.2 Å². The number of nitrogens with zero attached hydrogens (tertiary/aromatic N) is 1. The standard InChI is InChI=1S/C14H15BrN2O3/c15-8-3-4-10-9(6-8)14(7-19-13(16)17-14)12-11(20-10)2-1-5-18-12/h3-4,6,11-12H,1-2,5,7H2,(H2,16,17)/t11-,12-,14?/m0/s1. The zero-order valence-corrected chi connectivity index (χ0v) is 12.4. The summed E-state index contributed by atoms with van der Waals surface area (Å²) in [6.07, 6.45) is 1.84. The van der Waals surface area contributed by atoms with Crippen LogP contribution in [0.3, 0.4) is 0 Å². The van der Waals surface area contributed by atoms with Gasteiger partial charge in [0.15, 0.2) is 5.54 Å². The van der Waals surface area contributed by atoms with Crippen molar-refractivity contribution in [3.05, 3.63) is 28.2 Å². The maximum absolute atomic E-state index is 6.10. The van der Waals surface area contributed by atoms with E-state index in [9.17, 15) is 0 Å². The predicted molar refractivity (Wildman–Crippen MR) is 76.8 cm³/mol. The average Bonchev–Trinajstić information content (AvgIpc) is 2.84. The Morgan fingerprint density at radius 1 is 1.40 bits per heavy atom. The molecular formula is C14H15BrN2O3. The quantitative estimate of drug-likeness (QED) is 0.784. The van der Waals surface area contributed by atoms with Gasteiger partial charge in [-0.3, -0.25) is 0 Å². The molecule has 0 amide bonds. The zero-order chi connectivity index (χ0) is 13.7. The maximum atomic E-state index is 6.10. The van der Waals surface area contributed by atoms with Gasteiger partial charge in [-0.15, -0.1) is 0 Å². The highest BCUT2D eigenvalue weighted by molar-refractivity contribution is 9.10. The van der Waals surface area contributed by atoms with Gasteiger partial charge >= 0.3 is 0 Å². The molecule has 6 heteroatoms. The van der Waals surface area contributed by atoms with Crippen molar-refractivity contribution in [2.45, 2.75) is 30.6 Å². The second kappa shape index (κ2) is 4.36. The lowest BCUT2D eigenvalue weighted by Crippen LogP contribution is -2.55. The van der Waals surface area contributed by atoms with Crippen molar-refractivity contribution >= 4 is 22.0 Å². The van der Waals surface area contributed by atoms with Gasteiger partial charge < -0.3 is 19.9 Å². The Bertz CT molecular complexity index is 592. The third kappa shape index (κ3) is 1.67. The molecule has 1 spiro atoms. The van der Waals surface area contributed by atoms with Crippen LogP contribution in [0.25, 0.3) is 0 Å². The minimum absolute atomic E-state index is 0.00988. The first kappa shape index (κ1) is 12.5. The van der Waals surface area contributed by atoms with Crippen LogP contribution in [-0.2, 0) is 15.0 Å². The van der Waals surface area contributed by atoms with Crippen LogP contribution < -0.4 is 10.5 Å². The summed E-state index contributed by atoms with van der Waals surface area (Å²) in [6, 6.07) is 6.19. The lowest BCUT2D eigenvalue weighted by atomic mass is 9.78. The number of fused-ring (bicyclic) bond motifs is 4. The van der Waals surface area contributed by atoms with Crippen LogP contribution in [0.2, 0.25) is 0 Å². The summed E-state index contributed by atoms with van der Waals surface area (Å²) in [5.74, 6) is 0.849. The lowest BCUT2D eigenvalue weighted by molar-refractivity contribution is -0.117. The van der Waals surface area contributed by atoms with Gasteiger partial charge in [-0.05, 0) is 31.0 Å². The van der Waals surface area contributed by atoms with Crippen LogP contribution in [0.15, 0.2) is 27.7 Å². The highest BCUT2D eigenvalue weighted by Crippen LogP contribution is 2.48. The van der Waals surface area contributed by atoms with Crippen molar-refractivity contribution in [3.8, 4) is 5.75 Å². The monoisotopic (exact) mass is 338 g/mol. The molecule has 1 unspecified atom stereocenters. The van der Waals surface area contributed by atoms with Gasteiger partial charge in [-0.25, -0.2) is 4.99 Å². The summed E-state index contributed by atoms with van der Waals surface area (Å²) < 4.78 is 18.5. The highest BCUT2D eigenvalue weighted by Gasteiger charge is 2.55. The van der Waals surface area contributed by atoms with E-state index in [1.165, 1.54) is 0 Å². The molecule has 0 aromatic heterocycles. The van der Waals surface area contributed by atoms with E-state index in [-0.39, 0.29) is 18.2 Å². The second-order valence-electron chi connectivity index (χ2n) is 5.39. The van der Waals surface area contributed by atoms with Crippen molar-refractivity contribution in [2.24, 2.45) is 10.7 Å². The lowest BCUT2D eigenvalue weighted by Gasteiger charge is -2.45. The third-order valence-electron chi connectivity index (χ3n) is 4.17. The molecule has 3 aliphatic heterocycles. The summed E-state index contributed by atoms with van der Waals surface area (Å²) in [6.45, 7) is 1.14. The number of rotatable bonds is 0. The smallest absolute Gasteiger partial charge is 0.283 e. The molecule has 1 saturated heterocycles. The molecule has 1 aromatic rings. The molecule has 0 aliphatic carbocycles. The Morgan fingerprint density at radius 3 is 3.10 bits per heavy atom. The van der Waals surface area contributed by atoms with E-state index in [2.05, 4.69) is 20.9 Å². The average molecular weight is 339 g/mol. The molecule has 2 N–H and O–H groups in total. The van der Waals surface area contributed by atoms with Crippen molar-refractivity contribution in [3.63, 3.8) is 0 Å². The first-order valence-corrected chi connectivity index (χ1v) is 7.55. The Balaban J connectivity index is 1.91. The Morgan fingerprint density at radius 2 is 2.30 bits per heavy atom. The van der Waals surface area contributed by atoms with Crippen LogP contribution in [-0.4, -0.2) is 31.4 Å². The van der Waals surface area contributed by atoms with E-state index in [0.29, 0.717) is 6.61 Å². The van der Waals surface area contributed by atoms with Gasteiger partial charge in [0.2, 0.25) is 0 Å². The van der Waals surface area contributed by atoms with Gasteiger partial charge in [0, 0.05) is 16.6 Å². The number of ether oxygens (including phenoxy) is 3. The van der Waals surface area contributed by atoms with Crippen molar-refractivity contribution in [1.29, 1.82) is 0 Å². The number of nitrogens with two attached hydrogens (primary N) is 1. The number of amidine groups is 1. The molecule has 3 aliphatic rings. The molecule has 0 radical (unpaired) electrons. The number of aliphatic imine (C=N–C) groups is 1. The first-order valence-electron chi connectivity index (χ1n) is 6.75. The second-order valence-corrected chi connectivity index (χ2v) is 6.31. The summed E-state index contributed by atoms with van der Waals surface area (Å²) >= 11 is 3.51. The summed E-state index contributed by atoms with van der Waals surface area (Å²) in [5, 5.41) is 0. The molecule has 4 rings (SSSR count). The number of hydrogen-bond donors (Lipinski definition) is 1. The van der Waals surface area contributed by atoms with E-state index >= 15 is 0 Å². The maximum Gasteiger partial charge on any atom is 0.283 e. The third-order valence-corrected chi connectivity index (χ3v) is 4.67. The number of benzene rings is 1. The summed E-state index contributed by atoms with van der Waals surface area (Å²) in [5.41, 5.74) is 6.18. The van der Waals surface area contributed by atoms with E-state index in [0.717, 1.165) is 35.2 Å². The molecule has 3 heterocycles. The van der Waals surface area contributed by atoms with Crippen molar-refractivity contribution in [1.82, 2.24) is 0 Å². The van der Waals surface area contributed by atoms with E-state index in [1.807, 2.05) is 18.2 Å². The largest absolute Gasteiger partial charge is 0.487 e. The van der Waals surface area contributed by atoms with Crippen LogP contribution in [0.4, 0.5) is 0 Å². The molecule has 1 aromatic carbocycles. The molecule has 0 saturated carbocycles. The molecule has 20 heavy (non-hydrogen) atoms. The molecule has 5 nitrogen and oxygen atoms in total. The van der Waals surface area contributed by atoms with Gasteiger partial charge in [0.1, 0.15) is 24.6 Å². The molecule has 1 fully saturated rings. The van der Waals surface area contributed by atoms with Crippen LogP contribution in [0.1, 0.15) is 18.4 Å². The zero-order valence-electron chi connectivity index (χ0n) is 10.8. The first-order chi connectivity index (χ1) is 9.69.